The van der Waals surface area contributed by atoms with E-state index in [0.29, 0.717) is 15.6 Å². The van der Waals surface area contributed by atoms with E-state index in [9.17, 15) is 4.79 Å². The average molecular weight is 482 g/mol. The predicted molar refractivity (Wildman–Crippen MR) is 106 cm³/mol. The van der Waals surface area contributed by atoms with Crippen molar-refractivity contribution in [1.82, 2.24) is 4.57 Å². The van der Waals surface area contributed by atoms with Crippen LogP contribution in [0.4, 0.5) is 0 Å². The standard InChI is InChI=1S/C21H19Cl2N2O2.BrH/c1-27-16-7-4-14(5-8-16)19-12-24(21-3-2-10-25(19)21)13-20(26)15-6-9-17(22)18(23)11-15;/h4-9,11-12H,2-3,10,13H2,1H3;1H/q+1;/p-1. The van der Waals surface area contributed by atoms with E-state index in [2.05, 4.69) is 15.3 Å². The number of nitrogens with zero attached hydrogens (tertiary/aromatic N) is 2. The van der Waals surface area contributed by atoms with Gasteiger partial charge in [0.25, 0.3) is 5.82 Å². The molecule has 4 nitrogen and oxygen atoms in total. The van der Waals surface area contributed by atoms with Gasteiger partial charge in [0.15, 0.2) is 12.2 Å². The second-order valence-corrected chi connectivity index (χ2v) is 7.41. The van der Waals surface area contributed by atoms with Crippen molar-refractivity contribution in [1.29, 1.82) is 0 Å². The van der Waals surface area contributed by atoms with Gasteiger partial charge in [-0.3, -0.25) is 4.79 Å². The number of carbonyl (C=O) groups is 1. The van der Waals surface area contributed by atoms with Crippen molar-refractivity contribution in [3.8, 4) is 17.0 Å². The van der Waals surface area contributed by atoms with Gasteiger partial charge >= 0.3 is 0 Å². The molecule has 0 fully saturated rings. The Kier molecular flexibility index (Phi) is 6.48. The highest BCUT2D eigenvalue weighted by atomic mass is 79.9. The normalized spacial score (nSPS) is 12.4. The number of hydrogen-bond acceptors (Lipinski definition) is 2. The Balaban J connectivity index is 0.00000225. The number of carbonyl (C=O) groups excluding carboxylic acids is 1. The van der Waals surface area contributed by atoms with Crippen LogP contribution in [0.25, 0.3) is 11.3 Å². The van der Waals surface area contributed by atoms with Crippen molar-refractivity contribution < 1.29 is 31.1 Å². The Hall–Kier alpha value is -1.82. The molecule has 28 heavy (non-hydrogen) atoms. The maximum Gasteiger partial charge on any atom is 0.257 e. The number of ether oxygens (including phenoxy) is 1. The molecule has 0 saturated heterocycles. The van der Waals surface area contributed by atoms with E-state index in [1.807, 2.05) is 24.3 Å². The Morgan fingerprint density at radius 3 is 2.57 bits per heavy atom. The van der Waals surface area contributed by atoms with E-state index in [0.717, 1.165) is 36.4 Å². The third kappa shape index (κ3) is 3.97. The summed E-state index contributed by atoms with van der Waals surface area (Å²) in [5.74, 6) is 2.02. The van der Waals surface area contributed by atoms with Gasteiger partial charge in [-0.05, 0) is 48.9 Å². The summed E-state index contributed by atoms with van der Waals surface area (Å²) < 4.78 is 9.59. The molecule has 1 aliphatic heterocycles. The maximum atomic E-state index is 12.8. The Bertz CT molecular complexity index is 1020. The zero-order valence-corrected chi connectivity index (χ0v) is 18.4. The van der Waals surface area contributed by atoms with Crippen LogP contribution in [0.1, 0.15) is 22.6 Å². The molecule has 0 unspecified atom stereocenters. The number of fused-ring (bicyclic) bond motifs is 1. The quantitative estimate of drug-likeness (QED) is 0.409. The number of imidazole rings is 1. The summed E-state index contributed by atoms with van der Waals surface area (Å²) in [5.41, 5.74) is 2.80. The molecule has 2 aromatic carbocycles. The average Bonchev–Trinajstić information content (AvgIpc) is 3.28. The Labute approximate surface area is 184 Å². The highest BCUT2D eigenvalue weighted by molar-refractivity contribution is 6.42. The smallest absolute Gasteiger partial charge is 0.257 e. The van der Waals surface area contributed by atoms with Crippen LogP contribution in [-0.2, 0) is 19.5 Å². The van der Waals surface area contributed by atoms with Crippen LogP contribution in [-0.4, -0.2) is 17.5 Å². The summed E-state index contributed by atoms with van der Waals surface area (Å²) in [6.07, 6.45) is 4.11. The number of ketones is 1. The Morgan fingerprint density at radius 2 is 1.89 bits per heavy atom. The van der Waals surface area contributed by atoms with Gasteiger partial charge in [-0.25, -0.2) is 9.13 Å². The number of halogens is 3. The summed E-state index contributed by atoms with van der Waals surface area (Å²) >= 11 is 12.0. The van der Waals surface area contributed by atoms with Crippen LogP contribution in [0.15, 0.2) is 48.7 Å². The van der Waals surface area contributed by atoms with Gasteiger partial charge in [0.05, 0.1) is 30.1 Å². The number of aromatic nitrogens is 2. The molecule has 0 atom stereocenters. The van der Waals surface area contributed by atoms with E-state index in [4.69, 9.17) is 27.9 Å². The first-order valence-electron chi connectivity index (χ1n) is 8.81. The lowest BCUT2D eigenvalue weighted by Crippen LogP contribution is -3.00. The zero-order valence-electron chi connectivity index (χ0n) is 15.3. The van der Waals surface area contributed by atoms with Crippen molar-refractivity contribution in [2.24, 2.45) is 0 Å². The van der Waals surface area contributed by atoms with E-state index in [-0.39, 0.29) is 29.3 Å². The summed E-state index contributed by atoms with van der Waals surface area (Å²) in [5, 5.41) is 0.848. The fourth-order valence-electron chi connectivity index (χ4n) is 3.55. The summed E-state index contributed by atoms with van der Waals surface area (Å²) in [7, 11) is 1.66. The molecule has 0 saturated carbocycles. The van der Waals surface area contributed by atoms with Gasteiger partial charge in [-0.15, -0.1) is 0 Å². The summed E-state index contributed by atoms with van der Waals surface area (Å²) in [6, 6.07) is 13.0. The van der Waals surface area contributed by atoms with Crippen molar-refractivity contribution in [3.05, 3.63) is 70.1 Å². The largest absolute Gasteiger partial charge is 1.00 e. The minimum atomic E-state index is 0. The minimum absolute atomic E-state index is 0. The van der Waals surface area contributed by atoms with Crippen LogP contribution in [0.3, 0.4) is 0 Å². The molecule has 1 aliphatic rings. The topological polar surface area (TPSA) is 35.1 Å². The molecular weight excluding hydrogens is 463 g/mol. The highest BCUT2D eigenvalue weighted by Gasteiger charge is 2.29. The number of hydrogen-bond donors (Lipinski definition) is 0. The molecule has 1 aromatic heterocycles. The van der Waals surface area contributed by atoms with E-state index in [1.165, 1.54) is 5.82 Å². The number of Topliss-reactive ketones (excluding diaryl/α,β-unsaturated/α-hetero) is 1. The van der Waals surface area contributed by atoms with Crippen LogP contribution in [0.2, 0.25) is 10.0 Å². The summed E-state index contributed by atoms with van der Waals surface area (Å²) in [4.78, 5) is 12.8. The maximum absolute atomic E-state index is 12.8. The first kappa shape index (κ1) is 20.9. The third-order valence-corrected chi connectivity index (χ3v) is 5.67. The first-order valence-corrected chi connectivity index (χ1v) is 9.57. The lowest BCUT2D eigenvalue weighted by atomic mass is 10.1. The molecule has 4 rings (SSSR count). The van der Waals surface area contributed by atoms with Gasteiger partial charge in [-0.2, -0.15) is 0 Å². The molecule has 146 valence electrons. The molecule has 7 heteroatoms. The van der Waals surface area contributed by atoms with Gasteiger partial charge in [-0.1, -0.05) is 23.2 Å². The monoisotopic (exact) mass is 480 g/mol. The molecule has 0 N–H and O–H groups in total. The minimum Gasteiger partial charge on any atom is -1.00 e. The molecule has 2 heterocycles. The van der Waals surface area contributed by atoms with Gasteiger partial charge in [0.2, 0.25) is 5.78 Å². The molecule has 0 amide bonds. The van der Waals surface area contributed by atoms with E-state index >= 15 is 0 Å². The molecule has 0 spiro atoms. The number of rotatable bonds is 5. The number of benzene rings is 2. The molecule has 3 aromatic rings. The second-order valence-electron chi connectivity index (χ2n) is 6.59. The Morgan fingerprint density at radius 1 is 1.14 bits per heavy atom. The van der Waals surface area contributed by atoms with Crippen LogP contribution in [0, 0.1) is 0 Å². The van der Waals surface area contributed by atoms with Gasteiger partial charge < -0.3 is 21.7 Å². The van der Waals surface area contributed by atoms with E-state index in [1.54, 1.807) is 25.3 Å². The lowest BCUT2D eigenvalue weighted by Gasteiger charge is -2.02. The van der Waals surface area contributed by atoms with Crippen molar-refractivity contribution >= 4 is 29.0 Å². The van der Waals surface area contributed by atoms with Gasteiger partial charge in [0.1, 0.15) is 11.9 Å². The molecule has 0 radical (unpaired) electrons. The van der Waals surface area contributed by atoms with Crippen molar-refractivity contribution in [2.75, 3.05) is 7.11 Å². The lowest BCUT2D eigenvalue weighted by molar-refractivity contribution is -0.689. The SMILES string of the molecule is COc1ccc(-c2c[n+](CC(=O)c3ccc(Cl)c(Cl)c3)c3n2CCC3)cc1.[Br-]. The fraction of sp³-hybridized carbons (Fsp3) is 0.238. The van der Waals surface area contributed by atoms with Gasteiger partial charge in [0, 0.05) is 11.1 Å². The third-order valence-electron chi connectivity index (χ3n) is 4.94. The highest BCUT2D eigenvalue weighted by Crippen LogP contribution is 2.27. The number of methoxy groups -OCH3 is 1. The predicted octanol–water partition coefficient (Wildman–Crippen LogP) is 1.59. The van der Waals surface area contributed by atoms with Crippen LogP contribution in [0.5, 0.6) is 5.75 Å². The fourth-order valence-corrected chi connectivity index (χ4v) is 3.85. The van der Waals surface area contributed by atoms with Crippen LogP contribution >= 0.6 is 23.2 Å². The second kappa shape index (κ2) is 8.68. The zero-order chi connectivity index (χ0) is 19.0. The van der Waals surface area contributed by atoms with Crippen molar-refractivity contribution in [2.45, 2.75) is 25.9 Å². The molecule has 0 aliphatic carbocycles. The van der Waals surface area contributed by atoms with Crippen LogP contribution < -0.4 is 26.3 Å². The van der Waals surface area contributed by atoms with Crippen molar-refractivity contribution in [3.63, 3.8) is 0 Å². The molecule has 0 bridgehead atoms. The first-order chi connectivity index (χ1) is 13.1. The molecular formula is C21H19BrCl2N2O2. The van der Waals surface area contributed by atoms with E-state index < -0.39 is 0 Å². The summed E-state index contributed by atoms with van der Waals surface area (Å²) in [6.45, 7) is 1.24.